The normalized spacial score (nSPS) is 30.0. The Morgan fingerprint density at radius 2 is 1.76 bits per heavy atom. The fraction of sp³-hybridized carbons (Fsp3) is 0.812. The predicted octanol–water partition coefficient (Wildman–Crippen LogP) is 1.81. The molecule has 3 atom stereocenters. The predicted molar refractivity (Wildman–Crippen MR) is 77.9 cm³/mol. The number of esters is 1. The number of carbonyl (C=O) groups excluding carboxylic acids is 1. The van der Waals surface area contributed by atoms with Crippen molar-refractivity contribution in [1.29, 1.82) is 0 Å². The van der Waals surface area contributed by atoms with Gasteiger partial charge in [-0.15, -0.1) is 0 Å². The van der Waals surface area contributed by atoms with Gasteiger partial charge in [-0.1, -0.05) is 12.2 Å². The number of rotatable bonds is 10. The van der Waals surface area contributed by atoms with Crippen molar-refractivity contribution in [3.05, 3.63) is 12.2 Å². The molecule has 0 spiro atoms. The fourth-order valence-electron chi connectivity index (χ4n) is 3.15. The molecule has 1 fully saturated rings. The van der Waals surface area contributed by atoms with E-state index in [2.05, 4.69) is 12.2 Å². The molecule has 2 rings (SSSR count). The first-order valence-electron chi connectivity index (χ1n) is 7.67. The van der Waals surface area contributed by atoms with Crippen LogP contribution in [0.25, 0.3) is 0 Å². The van der Waals surface area contributed by atoms with E-state index in [0.717, 1.165) is 12.8 Å². The van der Waals surface area contributed by atoms with Gasteiger partial charge in [0.15, 0.2) is 0 Å². The third kappa shape index (κ3) is 4.28. The van der Waals surface area contributed by atoms with Gasteiger partial charge in [0.25, 0.3) is 0 Å². The quantitative estimate of drug-likeness (QED) is 0.350. The Morgan fingerprint density at radius 3 is 2.33 bits per heavy atom. The van der Waals surface area contributed by atoms with E-state index in [9.17, 15) is 4.79 Å². The summed E-state index contributed by atoms with van der Waals surface area (Å²) in [5.41, 5.74) is -0.331. The second kappa shape index (κ2) is 7.92. The highest BCUT2D eigenvalue weighted by molar-refractivity contribution is 5.78. The molecule has 0 aliphatic heterocycles. The van der Waals surface area contributed by atoms with Crippen LogP contribution in [0.3, 0.4) is 0 Å². The monoisotopic (exact) mass is 298 g/mol. The Balaban J connectivity index is 1.51. The molecule has 120 valence electrons. The lowest BCUT2D eigenvalue weighted by atomic mass is 9.78. The molecular weight excluding hydrogens is 272 g/mol. The highest BCUT2D eigenvalue weighted by atomic mass is 16.6. The van der Waals surface area contributed by atoms with E-state index in [4.69, 9.17) is 18.9 Å². The molecule has 3 unspecified atom stereocenters. The maximum absolute atomic E-state index is 12.2. The van der Waals surface area contributed by atoms with Gasteiger partial charge in [-0.2, -0.15) is 0 Å². The van der Waals surface area contributed by atoms with Crippen molar-refractivity contribution < 1.29 is 23.7 Å². The Hall–Kier alpha value is -0.910. The zero-order chi connectivity index (χ0) is 15.1. The number of ether oxygens (including phenoxy) is 4. The molecule has 0 aromatic rings. The summed E-state index contributed by atoms with van der Waals surface area (Å²) in [6.45, 7) is 4.95. The lowest BCUT2D eigenvalue weighted by Gasteiger charge is -2.28. The minimum atomic E-state index is -0.331. The smallest absolute Gasteiger partial charge is 0.312 e. The molecule has 0 amide bonds. The average molecular weight is 298 g/mol. The summed E-state index contributed by atoms with van der Waals surface area (Å²) in [7, 11) is 1.64. The van der Waals surface area contributed by atoms with E-state index in [-0.39, 0.29) is 11.4 Å². The van der Waals surface area contributed by atoms with E-state index >= 15 is 0 Å². The minimum Gasteiger partial charge on any atom is -0.463 e. The van der Waals surface area contributed by atoms with Crippen LogP contribution in [0.5, 0.6) is 0 Å². The van der Waals surface area contributed by atoms with E-state index in [1.165, 1.54) is 0 Å². The molecule has 0 N–H and O–H groups in total. The SMILES string of the molecule is COCCOCCOCCOC(=O)C1(C)CC2C=CC1C2. The molecule has 0 saturated heterocycles. The molecule has 1 saturated carbocycles. The first kappa shape index (κ1) is 16.5. The zero-order valence-electron chi connectivity index (χ0n) is 13.0. The van der Waals surface area contributed by atoms with Crippen molar-refractivity contribution in [1.82, 2.24) is 0 Å². The highest BCUT2D eigenvalue weighted by Crippen LogP contribution is 2.52. The van der Waals surface area contributed by atoms with Crippen molar-refractivity contribution in [2.75, 3.05) is 46.8 Å². The van der Waals surface area contributed by atoms with Crippen LogP contribution in [0, 0.1) is 17.3 Å². The zero-order valence-corrected chi connectivity index (χ0v) is 13.0. The first-order valence-corrected chi connectivity index (χ1v) is 7.67. The summed E-state index contributed by atoms with van der Waals surface area (Å²) in [6.07, 6.45) is 6.41. The van der Waals surface area contributed by atoms with Gasteiger partial charge in [0.2, 0.25) is 0 Å². The maximum atomic E-state index is 12.2. The lowest BCUT2D eigenvalue weighted by Crippen LogP contribution is -2.34. The molecule has 0 heterocycles. The maximum Gasteiger partial charge on any atom is 0.312 e. The molecule has 2 bridgehead atoms. The van der Waals surface area contributed by atoms with E-state index in [1.807, 2.05) is 6.92 Å². The molecule has 2 aliphatic rings. The molecule has 2 aliphatic carbocycles. The Kier molecular flexibility index (Phi) is 6.21. The highest BCUT2D eigenvalue weighted by Gasteiger charge is 2.50. The Morgan fingerprint density at radius 1 is 1.10 bits per heavy atom. The fourth-order valence-corrected chi connectivity index (χ4v) is 3.15. The molecular formula is C16H26O5. The lowest BCUT2D eigenvalue weighted by molar-refractivity contribution is -0.158. The molecule has 5 heteroatoms. The van der Waals surface area contributed by atoms with Crippen molar-refractivity contribution in [3.63, 3.8) is 0 Å². The second-order valence-corrected chi connectivity index (χ2v) is 5.96. The van der Waals surface area contributed by atoms with Gasteiger partial charge < -0.3 is 18.9 Å². The average Bonchev–Trinajstić information content (AvgIpc) is 3.06. The Bertz CT molecular complexity index is 368. The van der Waals surface area contributed by atoms with Gasteiger partial charge in [-0.25, -0.2) is 0 Å². The van der Waals surface area contributed by atoms with E-state index in [1.54, 1.807) is 7.11 Å². The standard InChI is InChI=1S/C16H26O5/c1-16(12-13-3-4-14(16)11-13)15(17)21-10-9-20-8-7-19-6-5-18-2/h3-4,13-14H,5-12H2,1-2H3. The van der Waals surface area contributed by atoms with Crippen LogP contribution < -0.4 is 0 Å². The van der Waals surface area contributed by atoms with Crippen LogP contribution in [0.1, 0.15) is 19.8 Å². The van der Waals surface area contributed by atoms with Crippen molar-refractivity contribution in [3.8, 4) is 0 Å². The summed E-state index contributed by atoms with van der Waals surface area (Å²) in [6, 6.07) is 0. The summed E-state index contributed by atoms with van der Waals surface area (Å²) in [5.74, 6) is 0.831. The summed E-state index contributed by atoms with van der Waals surface area (Å²) in [5, 5.41) is 0. The summed E-state index contributed by atoms with van der Waals surface area (Å²) < 4.78 is 20.9. The van der Waals surface area contributed by atoms with Gasteiger partial charge in [0.1, 0.15) is 6.61 Å². The largest absolute Gasteiger partial charge is 0.463 e. The molecule has 0 aromatic heterocycles. The number of carbonyl (C=O) groups is 1. The van der Waals surface area contributed by atoms with Crippen molar-refractivity contribution >= 4 is 5.97 Å². The molecule has 0 radical (unpaired) electrons. The number of fused-ring (bicyclic) bond motifs is 2. The van der Waals surface area contributed by atoms with Crippen LogP contribution in [0.2, 0.25) is 0 Å². The minimum absolute atomic E-state index is 0.0840. The van der Waals surface area contributed by atoms with Crippen LogP contribution in [0.15, 0.2) is 12.2 Å². The summed E-state index contributed by atoms with van der Waals surface area (Å²) in [4.78, 5) is 12.2. The number of hydrogen-bond acceptors (Lipinski definition) is 5. The topological polar surface area (TPSA) is 54.0 Å². The van der Waals surface area contributed by atoms with E-state index in [0.29, 0.717) is 51.5 Å². The van der Waals surface area contributed by atoms with Crippen molar-refractivity contribution in [2.24, 2.45) is 17.3 Å². The number of methoxy groups -OCH3 is 1. The van der Waals surface area contributed by atoms with Gasteiger partial charge in [0.05, 0.1) is 38.4 Å². The molecule has 0 aromatic carbocycles. The van der Waals surface area contributed by atoms with Crippen LogP contribution in [-0.2, 0) is 23.7 Å². The molecule has 21 heavy (non-hydrogen) atoms. The molecule has 5 nitrogen and oxygen atoms in total. The van der Waals surface area contributed by atoms with E-state index < -0.39 is 0 Å². The van der Waals surface area contributed by atoms with Crippen LogP contribution in [-0.4, -0.2) is 52.7 Å². The van der Waals surface area contributed by atoms with Crippen LogP contribution in [0.4, 0.5) is 0 Å². The number of allylic oxidation sites excluding steroid dienone is 2. The third-order valence-corrected chi connectivity index (χ3v) is 4.41. The Labute approximate surface area is 126 Å². The first-order chi connectivity index (χ1) is 10.2. The third-order valence-electron chi connectivity index (χ3n) is 4.41. The van der Waals surface area contributed by atoms with Gasteiger partial charge >= 0.3 is 5.97 Å². The van der Waals surface area contributed by atoms with Gasteiger partial charge in [-0.3, -0.25) is 4.79 Å². The number of hydrogen-bond donors (Lipinski definition) is 0. The summed E-state index contributed by atoms with van der Waals surface area (Å²) >= 11 is 0. The van der Waals surface area contributed by atoms with Crippen LogP contribution >= 0.6 is 0 Å². The second-order valence-electron chi connectivity index (χ2n) is 5.96. The van der Waals surface area contributed by atoms with Crippen molar-refractivity contribution in [2.45, 2.75) is 19.8 Å². The van der Waals surface area contributed by atoms with Gasteiger partial charge in [0, 0.05) is 7.11 Å². The van der Waals surface area contributed by atoms with Gasteiger partial charge in [-0.05, 0) is 31.6 Å².